The van der Waals surface area contributed by atoms with Gasteiger partial charge < -0.3 is 9.15 Å². The van der Waals surface area contributed by atoms with E-state index in [1.165, 1.54) is 11.8 Å². The summed E-state index contributed by atoms with van der Waals surface area (Å²) in [5.41, 5.74) is 0. The molecule has 0 saturated carbocycles. The van der Waals surface area contributed by atoms with E-state index in [0.29, 0.717) is 17.5 Å². The summed E-state index contributed by atoms with van der Waals surface area (Å²) in [5, 5.41) is 12.7. The molecule has 0 unspecified atom stereocenters. The zero-order valence-corrected chi connectivity index (χ0v) is 14.6. The summed E-state index contributed by atoms with van der Waals surface area (Å²) in [6, 6.07) is 11.3. The topological polar surface area (TPSA) is 65.4 Å². The standard InChI is InChI=1S/C15H13BrN4O2S/c1-23-15-19-17-10-20(15)18-8-13-6-7-14(22-13)9-21-12-4-2-11(16)3-5-12/h2-8,10H,9H2,1H3/b18-8-. The van der Waals surface area contributed by atoms with E-state index in [-0.39, 0.29) is 0 Å². The Hall–Kier alpha value is -2.06. The zero-order valence-electron chi connectivity index (χ0n) is 12.2. The van der Waals surface area contributed by atoms with Crippen molar-refractivity contribution in [3.05, 3.63) is 58.7 Å². The molecule has 1 aromatic carbocycles. The van der Waals surface area contributed by atoms with Crippen molar-refractivity contribution >= 4 is 33.9 Å². The summed E-state index contributed by atoms with van der Waals surface area (Å²) in [6.45, 7) is 0.359. The number of halogens is 1. The Morgan fingerprint density at radius 1 is 1.30 bits per heavy atom. The Morgan fingerprint density at radius 3 is 2.91 bits per heavy atom. The summed E-state index contributed by atoms with van der Waals surface area (Å²) in [6.07, 6.45) is 5.08. The normalized spacial score (nSPS) is 11.2. The van der Waals surface area contributed by atoms with E-state index in [4.69, 9.17) is 9.15 Å². The number of furan rings is 1. The third-order valence-corrected chi connectivity index (χ3v) is 4.03. The summed E-state index contributed by atoms with van der Waals surface area (Å²) >= 11 is 4.86. The van der Waals surface area contributed by atoms with E-state index >= 15 is 0 Å². The van der Waals surface area contributed by atoms with Gasteiger partial charge in [-0.05, 0) is 42.7 Å². The lowest BCUT2D eigenvalue weighted by atomic mass is 10.3. The molecular weight excluding hydrogens is 380 g/mol. The largest absolute Gasteiger partial charge is 0.486 e. The first kappa shape index (κ1) is 15.8. The van der Waals surface area contributed by atoms with Crippen LogP contribution in [0.4, 0.5) is 0 Å². The highest BCUT2D eigenvalue weighted by molar-refractivity contribution is 9.10. The molecule has 0 spiro atoms. The van der Waals surface area contributed by atoms with Gasteiger partial charge in [0, 0.05) is 4.47 Å². The van der Waals surface area contributed by atoms with Crippen LogP contribution in [0.2, 0.25) is 0 Å². The molecule has 6 nitrogen and oxygen atoms in total. The van der Waals surface area contributed by atoms with Crippen LogP contribution >= 0.6 is 27.7 Å². The van der Waals surface area contributed by atoms with Gasteiger partial charge in [0.25, 0.3) is 0 Å². The van der Waals surface area contributed by atoms with Crippen molar-refractivity contribution in [2.45, 2.75) is 11.8 Å². The second kappa shape index (κ2) is 7.47. The van der Waals surface area contributed by atoms with Crippen LogP contribution in [0, 0.1) is 0 Å². The predicted molar refractivity (Wildman–Crippen MR) is 92.0 cm³/mol. The van der Waals surface area contributed by atoms with E-state index < -0.39 is 0 Å². The van der Waals surface area contributed by atoms with E-state index in [1.807, 2.05) is 42.7 Å². The first-order valence-corrected chi connectivity index (χ1v) is 8.72. The monoisotopic (exact) mass is 392 g/mol. The van der Waals surface area contributed by atoms with Gasteiger partial charge in [0.15, 0.2) is 0 Å². The second-order valence-corrected chi connectivity index (χ2v) is 6.14. The highest BCUT2D eigenvalue weighted by Gasteiger charge is 2.03. The van der Waals surface area contributed by atoms with Crippen molar-refractivity contribution < 1.29 is 9.15 Å². The number of ether oxygens (including phenoxy) is 1. The van der Waals surface area contributed by atoms with Crippen LogP contribution in [0.5, 0.6) is 5.75 Å². The Morgan fingerprint density at radius 2 is 2.13 bits per heavy atom. The molecule has 118 valence electrons. The summed E-state index contributed by atoms with van der Waals surface area (Å²) in [4.78, 5) is 0. The Bertz CT molecular complexity index is 798. The van der Waals surface area contributed by atoms with E-state index in [9.17, 15) is 0 Å². The fourth-order valence-electron chi connectivity index (χ4n) is 1.78. The minimum Gasteiger partial charge on any atom is -0.486 e. The van der Waals surface area contributed by atoms with Gasteiger partial charge in [0.05, 0.1) is 6.21 Å². The van der Waals surface area contributed by atoms with Crippen molar-refractivity contribution in [3.8, 4) is 5.75 Å². The van der Waals surface area contributed by atoms with Crippen molar-refractivity contribution in [2.24, 2.45) is 5.10 Å². The fourth-order valence-corrected chi connectivity index (χ4v) is 2.45. The van der Waals surface area contributed by atoms with Gasteiger partial charge in [-0.15, -0.1) is 10.2 Å². The third kappa shape index (κ3) is 4.23. The maximum absolute atomic E-state index is 5.66. The van der Waals surface area contributed by atoms with Gasteiger partial charge in [0.2, 0.25) is 5.16 Å². The quantitative estimate of drug-likeness (QED) is 0.471. The third-order valence-electron chi connectivity index (χ3n) is 2.87. The molecule has 2 aromatic heterocycles. The molecule has 23 heavy (non-hydrogen) atoms. The molecule has 0 aliphatic heterocycles. The number of thioether (sulfide) groups is 1. The molecule has 3 aromatic rings. The van der Waals surface area contributed by atoms with Gasteiger partial charge >= 0.3 is 0 Å². The van der Waals surface area contributed by atoms with Gasteiger partial charge in [-0.3, -0.25) is 0 Å². The van der Waals surface area contributed by atoms with E-state index in [2.05, 4.69) is 31.2 Å². The summed E-state index contributed by atoms with van der Waals surface area (Å²) < 4.78 is 13.9. The summed E-state index contributed by atoms with van der Waals surface area (Å²) in [5.74, 6) is 2.15. The first-order chi connectivity index (χ1) is 11.2. The van der Waals surface area contributed by atoms with Crippen LogP contribution in [-0.2, 0) is 6.61 Å². The molecule has 0 amide bonds. The Balaban J connectivity index is 1.60. The number of nitrogens with zero attached hydrogens (tertiary/aromatic N) is 4. The Labute approximate surface area is 145 Å². The van der Waals surface area contributed by atoms with Gasteiger partial charge in [-0.25, -0.2) is 0 Å². The average Bonchev–Trinajstić information content (AvgIpc) is 3.21. The second-order valence-electron chi connectivity index (χ2n) is 4.45. The van der Waals surface area contributed by atoms with Crippen LogP contribution in [0.25, 0.3) is 0 Å². The molecular formula is C15H13BrN4O2S. The highest BCUT2D eigenvalue weighted by atomic mass is 79.9. The van der Waals surface area contributed by atoms with Crippen LogP contribution in [0.15, 0.2) is 61.9 Å². The number of aromatic nitrogens is 3. The molecule has 2 heterocycles. The van der Waals surface area contributed by atoms with E-state index in [1.54, 1.807) is 17.2 Å². The van der Waals surface area contributed by atoms with Crippen LogP contribution in [0.1, 0.15) is 11.5 Å². The molecule has 0 saturated heterocycles. The maximum atomic E-state index is 5.66. The van der Waals surface area contributed by atoms with Crippen LogP contribution in [0.3, 0.4) is 0 Å². The van der Waals surface area contributed by atoms with Crippen molar-refractivity contribution in [1.82, 2.24) is 14.9 Å². The molecule has 0 aliphatic rings. The Kier molecular flexibility index (Phi) is 5.14. The molecule has 8 heteroatoms. The molecule has 0 radical (unpaired) electrons. The molecule has 0 aliphatic carbocycles. The van der Waals surface area contributed by atoms with Crippen LogP contribution in [-0.4, -0.2) is 27.3 Å². The maximum Gasteiger partial charge on any atom is 0.211 e. The first-order valence-electron chi connectivity index (χ1n) is 6.70. The molecule has 0 atom stereocenters. The smallest absolute Gasteiger partial charge is 0.211 e. The fraction of sp³-hybridized carbons (Fsp3) is 0.133. The SMILES string of the molecule is CSc1nncn1/N=C\c1ccc(COc2ccc(Br)cc2)o1. The van der Waals surface area contributed by atoms with E-state index in [0.717, 1.165) is 16.0 Å². The minimum absolute atomic E-state index is 0.359. The van der Waals surface area contributed by atoms with Gasteiger partial charge in [0.1, 0.15) is 30.2 Å². The van der Waals surface area contributed by atoms with Gasteiger partial charge in [-0.2, -0.15) is 9.78 Å². The van der Waals surface area contributed by atoms with Crippen molar-refractivity contribution in [1.29, 1.82) is 0 Å². The number of hydrogen-bond donors (Lipinski definition) is 0. The number of hydrogen-bond acceptors (Lipinski definition) is 6. The number of rotatable bonds is 6. The van der Waals surface area contributed by atoms with Crippen LogP contribution < -0.4 is 4.74 Å². The summed E-state index contributed by atoms with van der Waals surface area (Å²) in [7, 11) is 0. The molecule has 0 fully saturated rings. The lowest BCUT2D eigenvalue weighted by molar-refractivity contribution is 0.270. The van der Waals surface area contributed by atoms with Crippen molar-refractivity contribution in [3.63, 3.8) is 0 Å². The predicted octanol–water partition coefficient (Wildman–Crippen LogP) is 3.82. The lowest BCUT2D eigenvalue weighted by Crippen LogP contribution is -1.93. The minimum atomic E-state index is 0.359. The number of benzene rings is 1. The highest BCUT2D eigenvalue weighted by Crippen LogP contribution is 2.18. The lowest BCUT2D eigenvalue weighted by Gasteiger charge is -2.03. The average molecular weight is 393 g/mol. The zero-order chi connectivity index (χ0) is 16.1. The van der Waals surface area contributed by atoms with Crippen molar-refractivity contribution in [2.75, 3.05) is 6.26 Å². The van der Waals surface area contributed by atoms with Gasteiger partial charge in [-0.1, -0.05) is 27.7 Å². The molecule has 0 N–H and O–H groups in total. The molecule has 0 bridgehead atoms. The molecule has 3 rings (SSSR count).